The lowest BCUT2D eigenvalue weighted by Gasteiger charge is -2.15. The van der Waals surface area contributed by atoms with Gasteiger partial charge in [0.25, 0.3) is 17.4 Å². The third kappa shape index (κ3) is 4.09. The second-order valence-electron chi connectivity index (χ2n) is 5.61. The maximum absolute atomic E-state index is 12.6. The molecule has 0 radical (unpaired) electrons. The van der Waals surface area contributed by atoms with Crippen molar-refractivity contribution in [2.75, 3.05) is 7.11 Å². The highest BCUT2D eigenvalue weighted by Gasteiger charge is 2.25. The first kappa shape index (κ1) is 18.1. The molecule has 0 saturated heterocycles. The van der Waals surface area contributed by atoms with E-state index in [0.29, 0.717) is 5.56 Å². The number of benzene rings is 1. The van der Waals surface area contributed by atoms with E-state index in [9.17, 15) is 14.4 Å². The number of hydrogen-bond acceptors (Lipinski definition) is 6. The zero-order chi connectivity index (χ0) is 19.2. The van der Waals surface area contributed by atoms with E-state index in [1.165, 1.54) is 25.7 Å². The Labute approximate surface area is 154 Å². The highest BCUT2D eigenvalue weighted by Crippen LogP contribution is 2.05. The monoisotopic (exact) mass is 367 g/mol. The average molecular weight is 367 g/mol. The molecule has 9 heteroatoms. The quantitative estimate of drug-likeness (QED) is 0.611. The number of methoxy groups -OCH3 is 1. The summed E-state index contributed by atoms with van der Waals surface area (Å²) in [6.07, 6.45) is 4.42. The van der Waals surface area contributed by atoms with Crippen molar-refractivity contribution in [3.8, 4) is 5.95 Å². The fourth-order valence-electron chi connectivity index (χ4n) is 2.49. The van der Waals surface area contributed by atoms with Gasteiger partial charge in [-0.2, -0.15) is 4.68 Å². The minimum atomic E-state index is -1.02. The van der Waals surface area contributed by atoms with Crippen LogP contribution in [0, 0.1) is 0 Å². The molecule has 2 heterocycles. The number of carbonyl (C=O) groups excluding carboxylic acids is 2. The minimum absolute atomic E-state index is 0.0413. The number of H-pyrrole nitrogens is 1. The topological polar surface area (TPSA) is 119 Å². The molecule has 2 aromatic heterocycles. The molecule has 0 fully saturated rings. The van der Waals surface area contributed by atoms with E-state index in [1.807, 2.05) is 0 Å². The molecule has 1 amide bonds. The van der Waals surface area contributed by atoms with Crippen molar-refractivity contribution in [2.45, 2.75) is 12.5 Å². The Kier molecular flexibility index (Phi) is 5.41. The number of nitrogens with zero attached hydrogens (tertiary/aromatic N) is 3. The van der Waals surface area contributed by atoms with Crippen LogP contribution >= 0.6 is 0 Å². The smallest absolute Gasteiger partial charge is 0.328 e. The molecule has 0 unspecified atom stereocenters. The average Bonchev–Trinajstić information content (AvgIpc) is 3.08. The highest BCUT2D eigenvalue weighted by molar-refractivity contribution is 5.96. The molecule has 1 atom stereocenters. The van der Waals surface area contributed by atoms with Crippen molar-refractivity contribution < 1.29 is 14.3 Å². The zero-order valence-electron chi connectivity index (χ0n) is 14.5. The van der Waals surface area contributed by atoms with Gasteiger partial charge in [-0.25, -0.2) is 14.8 Å². The first-order valence-electron chi connectivity index (χ1n) is 8.10. The number of amides is 1. The molecule has 3 rings (SSSR count). The molecule has 138 valence electrons. The van der Waals surface area contributed by atoms with Crippen molar-refractivity contribution in [1.29, 1.82) is 0 Å². The van der Waals surface area contributed by atoms with Gasteiger partial charge in [0.05, 0.1) is 7.11 Å². The van der Waals surface area contributed by atoms with Crippen LogP contribution in [0.3, 0.4) is 0 Å². The van der Waals surface area contributed by atoms with Crippen LogP contribution in [-0.4, -0.2) is 44.8 Å². The van der Waals surface area contributed by atoms with Gasteiger partial charge in [0.15, 0.2) is 0 Å². The van der Waals surface area contributed by atoms with E-state index in [0.717, 1.165) is 4.68 Å². The van der Waals surface area contributed by atoms with Crippen molar-refractivity contribution in [3.05, 3.63) is 76.5 Å². The summed E-state index contributed by atoms with van der Waals surface area (Å²) in [5.74, 6) is -0.910. The predicted molar refractivity (Wildman–Crippen MR) is 95.4 cm³/mol. The Morgan fingerprint density at radius 2 is 1.89 bits per heavy atom. The summed E-state index contributed by atoms with van der Waals surface area (Å²) in [5.41, 5.74) is 0.269. The van der Waals surface area contributed by atoms with Crippen molar-refractivity contribution in [2.24, 2.45) is 0 Å². The predicted octanol–water partition coefficient (Wildman–Crippen LogP) is 0.470. The van der Waals surface area contributed by atoms with Crippen LogP contribution < -0.4 is 10.9 Å². The van der Waals surface area contributed by atoms with E-state index in [2.05, 4.69) is 20.4 Å². The number of nitrogens with one attached hydrogen (secondary N) is 2. The van der Waals surface area contributed by atoms with Crippen LogP contribution in [0.1, 0.15) is 15.9 Å². The Morgan fingerprint density at radius 1 is 1.19 bits per heavy atom. The van der Waals surface area contributed by atoms with Gasteiger partial charge in [0, 0.05) is 36.1 Å². The summed E-state index contributed by atoms with van der Waals surface area (Å²) in [4.78, 5) is 45.0. The normalized spacial score (nSPS) is 11.6. The standard InChI is InChI=1S/C18H17N5O4/c1-27-17(26)14(22-15(24)12-6-3-2-4-7-12)10-13-11-21-23(16(13)25)18-19-8-5-9-20-18/h2-9,11,14,21H,10H2,1H3,(H,22,24)/t14-/m0/s1. The fraction of sp³-hybridized carbons (Fsp3) is 0.167. The molecule has 2 N–H and O–H groups in total. The summed E-state index contributed by atoms with van der Waals surface area (Å²) >= 11 is 0. The van der Waals surface area contributed by atoms with E-state index < -0.39 is 23.5 Å². The second kappa shape index (κ2) is 8.09. The molecule has 0 spiro atoms. The number of aromatic amines is 1. The van der Waals surface area contributed by atoms with Crippen LogP contribution in [0.2, 0.25) is 0 Å². The second-order valence-corrected chi connectivity index (χ2v) is 5.61. The Hall–Kier alpha value is -3.75. The molecule has 0 saturated carbocycles. The number of rotatable bonds is 6. The summed E-state index contributed by atoms with van der Waals surface area (Å²) < 4.78 is 5.91. The van der Waals surface area contributed by atoms with Crippen LogP contribution in [0.15, 0.2) is 59.8 Å². The van der Waals surface area contributed by atoms with E-state index in [1.54, 1.807) is 36.4 Å². The van der Waals surface area contributed by atoms with Crippen LogP contribution in [0.25, 0.3) is 5.95 Å². The molecular weight excluding hydrogens is 350 g/mol. The summed E-state index contributed by atoms with van der Waals surface area (Å²) in [7, 11) is 1.22. The Morgan fingerprint density at radius 3 is 2.56 bits per heavy atom. The maximum Gasteiger partial charge on any atom is 0.328 e. The van der Waals surface area contributed by atoms with E-state index in [-0.39, 0.29) is 17.9 Å². The van der Waals surface area contributed by atoms with Crippen molar-refractivity contribution in [1.82, 2.24) is 25.1 Å². The van der Waals surface area contributed by atoms with Crippen molar-refractivity contribution >= 4 is 11.9 Å². The molecule has 0 aliphatic rings. The van der Waals surface area contributed by atoms with E-state index in [4.69, 9.17) is 4.74 Å². The third-order valence-electron chi connectivity index (χ3n) is 3.85. The van der Waals surface area contributed by atoms with Gasteiger partial charge < -0.3 is 10.1 Å². The van der Waals surface area contributed by atoms with Crippen LogP contribution in [-0.2, 0) is 16.0 Å². The lowest BCUT2D eigenvalue weighted by molar-refractivity contribution is -0.142. The summed E-state index contributed by atoms with van der Waals surface area (Å²) in [6.45, 7) is 0. The zero-order valence-corrected chi connectivity index (χ0v) is 14.5. The molecule has 9 nitrogen and oxygen atoms in total. The van der Waals surface area contributed by atoms with Gasteiger partial charge in [-0.15, -0.1) is 0 Å². The lowest BCUT2D eigenvalue weighted by atomic mass is 10.1. The summed E-state index contributed by atoms with van der Waals surface area (Å²) in [6, 6.07) is 9.07. The molecule has 1 aromatic carbocycles. The largest absolute Gasteiger partial charge is 0.467 e. The molecule has 0 aliphatic carbocycles. The first-order chi connectivity index (χ1) is 13.1. The highest BCUT2D eigenvalue weighted by atomic mass is 16.5. The molecule has 0 bridgehead atoms. The Bertz CT molecular complexity index is 982. The van der Waals surface area contributed by atoms with Gasteiger partial charge in [0.2, 0.25) is 0 Å². The number of ether oxygens (including phenoxy) is 1. The van der Waals surface area contributed by atoms with E-state index >= 15 is 0 Å². The Balaban J connectivity index is 1.82. The van der Waals surface area contributed by atoms with Gasteiger partial charge in [-0.3, -0.25) is 14.7 Å². The van der Waals surface area contributed by atoms with Gasteiger partial charge in [-0.05, 0) is 18.2 Å². The van der Waals surface area contributed by atoms with Crippen LogP contribution in [0.5, 0.6) is 0 Å². The van der Waals surface area contributed by atoms with Crippen molar-refractivity contribution in [3.63, 3.8) is 0 Å². The number of hydrogen-bond donors (Lipinski definition) is 2. The molecule has 3 aromatic rings. The molecular formula is C18H17N5O4. The lowest BCUT2D eigenvalue weighted by Crippen LogP contribution is -2.43. The SMILES string of the molecule is COC(=O)[C@H](Cc1c[nH]n(-c2ncccn2)c1=O)NC(=O)c1ccccc1. The van der Waals surface area contributed by atoms with Gasteiger partial charge in [-0.1, -0.05) is 18.2 Å². The number of esters is 1. The third-order valence-corrected chi connectivity index (χ3v) is 3.85. The summed E-state index contributed by atoms with van der Waals surface area (Å²) in [5, 5.41) is 5.35. The fourth-order valence-corrected chi connectivity index (χ4v) is 2.49. The molecule has 27 heavy (non-hydrogen) atoms. The maximum atomic E-state index is 12.6. The first-order valence-corrected chi connectivity index (χ1v) is 8.10. The van der Waals surface area contributed by atoms with Gasteiger partial charge >= 0.3 is 5.97 Å². The number of carbonyl (C=O) groups is 2. The van der Waals surface area contributed by atoms with Gasteiger partial charge in [0.1, 0.15) is 6.04 Å². The minimum Gasteiger partial charge on any atom is -0.467 e. The van der Waals surface area contributed by atoms with Crippen LogP contribution in [0.4, 0.5) is 0 Å². The number of aromatic nitrogens is 4. The molecule has 0 aliphatic heterocycles.